The van der Waals surface area contributed by atoms with Crippen LogP contribution >= 0.6 is 11.6 Å². The number of nitrogens with zero attached hydrogens (tertiary/aromatic N) is 2. The van der Waals surface area contributed by atoms with Gasteiger partial charge in [-0.1, -0.05) is 23.7 Å². The average Bonchev–Trinajstić information content (AvgIpc) is 3.44. The average molecular weight is 436 g/mol. The second-order valence-electron chi connectivity index (χ2n) is 6.52. The molecule has 0 radical (unpaired) electrons. The molecule has 3 N–H and O–H groups in total. The maximum Gasteiger partial charge on any atom is 0.318 e. The topological polar surface area (TPSA) is 101 Å². The molecule has 0 fully saturated rings. The normalized spacial score (nSPS) is 10.5. The van der Waals surface area contributed by atoms with Gasteiger partial charge in [0.25, 0.3) is 5.91 Å². The van der Waals surface area contributed by atoms with Crippen LogP contribution in [0.25, 0.3) is 17.1 Å². The second-order valence-corrected chi connectivity index (χ2v) is 6.96. The summed E-state index contributed by atoms with van der Waals surface area (Å²) in [6, 6.07) is 18.8. The van der Waals surface area contributed by atoms with Crippen molar-refractivity contribution < 1.29 is 14.0 Å². The molecule has 0 spiro atoms. The van der Waals surface area contributed by atoms with Crippen LogP contribution in [0.5, 0.6) is 0 Å². The summed E-state index contributed by atoms with van der Waals surface area (Å²) in [5.41, 5.74) is 2.53. The van der Waals surface area contributed by atoms with Crippen LogP contribution < -0.4 is 16.0 Å². The molecule has 2 aromatic carbocycles. The van der Waals surface area contributed by atoms with Gasteiger partial charge in [-0.15, -0.1) is 0 Å². The molecule has 0 bridgehead atoms. The van der Waals surface area contributed by atoms with Crippen molar-refractivity contribution in [2.24, 2.45) is 0 Å². The first-order valence-corrected chi connectivity index (χ1v) is 9.71. The lowest BCUT2D eigenvalue weighted by molar-refractivity contribution is 0.102. The van der Waals surface area contributed by atoms with E-state index < -0.39 is 5.91 Å². The molecule has 0 unspecified atom stereocenters. The highest BCUT2D eigenvalue weighted by molar-refractivity contribution is 6.30. The monoisotopic (exact) mass is 435 g/mol. The third-order valence-corrected chi connectivity index (χ3v) is 4.61. The summed E-state index contributed by atoms with van der Waals surface area (Å²) in [5.74, 6) is 0.147. The molecule has 0 aliphatic carbocycles. The minimum Gasteiger partial charge on any atom is -0.463 e. The number of nitrogens with one attached hydrogen (secondary N) is 3. The minimum atomic E-state index is -0.411. The van der Waals surface area contributed by atoms with Gasteiger partial charge in [-0.05, 0) is 48.5 Å². The first kappa shape index (κ1) is 20.2. The first-order valence-electron chi connectivity index (χ1n) is 9.33. The summed E-state index contributed by atoms with van der Waals surface area (Å²) < 4.78 is 7.12. The molecule has 4 aromatic rings. The van der Waals surface area contributed by atoms with Crippen LogP contribution in [0.1, 0.15) is 10.5 Å². The van der Waals surface area contributed by atoms with Gasteiger partial charge in [0.2, 0.25) is 0 Å². The lowest BCUT2D eigenvalue weighted by Crippen LogP contribution is -2.24. The van der Waals surface area contributed by atoms with Crippen molar-refractivity contribution in [2.75, 3.05) is 17.7 Å². The quantitative estimate of drug-likeness (QED) is 0.419. The fourth-order valence-electron chi connectivity index (χ4n) is 2.96. The van der Waals surface area contributed by atoms with E-state index in [9.17, 15) is 9.59 Å². The smallest absolute Gasteiger partial charge is 0.318 e. The molecule has 2 heterocycles. The van der Waals surface area contributed by atoms with Crippen LogP contribution in [0.2, 0.25) is 5.02 Å². The largest absolute Gasteiger partial charge is 0.463 e. The Balaban J connectivity index is 1.64. The Bertz CT molecular complexity index is 1230. The molecule has 0 aliphatic rings. The van der Waals surface area contributed by atoms with Gasteiger partial charge in [0.15, 0.2) is 11.5 Å². The predicted octanol–water partition coefficient (Wildman–Crippen LogP) is 4.79. The molecule has 4 rings (SSSR count). The maximum atomic E-state index is 12.9. The zero-order chi connectivity index (χ0) is 21.8. The molecule has 31 heavy (non-hydrogen) atoms. The van der Waals surface area contributed by atoms with Gasteiger partial charge in [0.1, 0.15) is 5.69 Å². The van der Waals surface area contributed by atoms with Gasteiger partial charge >= 0.3 is 6.03 Å². The number of carbonyl (C=O) groups excluding carboxylic acids is 2. The molecule has 156 valence electrons. The summed E-state index contributed by atoms with van der Waals surface area (Å²) in [6.07, 6.45) is 1.55. The number of urea groups is 1. The molecular formula is C22H18ClN5O3. The summed E-state index contributed by atoms with van der Waals surface area (Å²) >= 11 is 6.13. The first-order chi connectivity index (χ1) is 15.0. The fourth-order valence-corrected chi connectivity index (χ4v) is 3.14. The van der Waals surface area contributed by atoms with Gasteiger partial charge in [0.05, 0.1) is 12.0 Å². The van der Waals surface area contributed by atoms with Crippen LogP contribution in [-0.4, -0.2) is 28.8 Å². The Morgan fingerprint density at radius 3 is 2.45 bits per heavy atom. The molecule has 9 heteroatoms. The van der Waals surface area contributed by atoms with Crippen LogP contribution in [0.15, 0.2) is 77.4 Å². The fraction of sp³-hybridized carbons (Fsp3) is 0.0455. The summed E-state index contributed by atoms with van der Waals surface area (Å²) in [6.45, 7) is 0. The van der Waals surface area contributed by atoms with Gasteiger partial charge in [-0.25, -0.2) is 9.48 Å². The minimum absolute atomic E-state index is 0.191. The summed E-state index contributed by atoms with van der Waals surface area (Å²) in [7, 11) is 1.52. The zero-order valence-electron chi connectivity index (χ0n) is 16.4. The third kappa shape index (κ3) is 4.59. The van der Waals surface area contributed by atoms with Gasteiger partial charge in [0, 0.05) is 29.5 Å². The summed E-state index contributed by atoms with van der Waals surface area (Å²) in [5, 5.41) is 12.9. The van der Waals surface area contributed by atoms with Gasteiger partial charge in [-0.2, -0.15) is 5.10 Å². The second kappa shape index (κ2) is 8.76. The van der Waals surface area contributed by atoms with E-state index in [0.717, 1.165) is 0 Å². The third-order valence-electron chi connectivity index (χ3n) is 4.37. The van der Waals surface area contributed by atoms with Crippen molar-refractivity contribution in [1.29, 1.82) is 0 Å². The van der Waals surface area contributed by atoms with Crippen molar-refractivity contribution in [3.8, 4) is 17.1 Å². The van der Waals surface area contributed by atoms with E-state index >= 15 is 0 Å². The lowest BCUT2D eigenvalue weighted by atomic mass is 10.2. The number of halogens is 1. The Kier molecular flexibility index (Phi) is 5.72. The van der Waals surface area contributed by atoms with Crippen molar-refractivity contribution in [3.63, 3.8) is 0 Å². The molecule has 0 atom stereocenters. The summed E-state index contributed by atoms with van der Waals surface area (Å²) in [4.78, 5) is 24.4. The Labute approximate surface area is 182 Å². The van der Waals surface area contributed by atoms with Gasteiger partial charge < -0.3 is 20.4 Å². The van der Waals surface area contributed by atoms with Crippen LogP contribution in [0, 0.1) is 0 Å². The van der Waals surface area contributed by atoms with Gasteiger partial charge in [-0.3, -0.25) is 4.79 Å². The highest BCUT2D eigenvalue weighted by atomic mass is 35.5. The maximum absolute atomic E-state index is 12.9. The molecule has 0 aliphatic heterocycles. The van der Waals surface area contributed by atoms with Crippen LogP contribution in [0.4, 0.5) is 16.2 Å². The van der Waals surface area contributed by atoms with E-state index in [-0.39, 0.29) is 11.7 Å². The van der Waals surface area contributed by atoms with E-state index in [0.29, 0.717) is 33.5 Å². The van der Waals surface area contributed by atoms with Crippen molar-refractivity contribution in [2.45, 2.75) is 0 Å². The number of amides is 3. The SMILES string of the molecule is CNC(=O)Nc1cccc(NC(=O)c2cc(-c3ccco3)n(-c3cccc(Cl)c3)n2)c1. The molecular weight excluding hydrogens is 418 g/mol. The van der Waals surface area contributed by atoms with Crippen LogP contribution in [-0.2, 0) is 0 Å². The molecule has 8 nitrogen and oxygen atoms in total. The number of rotatable bonds is 5. The zero-order valence-corrected chi connectivity index (χ0v) is 17.2. The number of hydrogen-bond donors (Lipinski definition) is 3. The number of benzene rings is 2. The van der Waals surface area contributed by atoms with E-state index in [2.05, 4.69) is 21.0 Å². The van der Waals surface area contributed by atoms with Crippen LogP contribution in [0.3, 0.4) is 0 Å². The van der Waals surface area contributed by atoms with E-state index in [1.54, 1.807) is 71.6 Å². The number of furan rings is 1. The number of carbonyl (C=O) groups is 2. The van der Waals surface area contributed by atoms with E-state index in [1.807, 2.05) is 6.07 Å². The Hall–Kier alpha value is -4.04. The number of hydrogen-bond acceptors (Lipinski definition) is 4. The number of aromatic nitrogens is 2. The molecule has 0 saturated heterocycles. The molecule has 2 aromatic heterocycles. The predicted molar refractivity (Wildman–Crippen MR) is 119 cm³/mol. The van der Waals surface area contributed by atoms with Crippen molar-refractivity contribution >= 4 is 34.9 Å². The van der Waals surface area contributed by atoms with Crippen molar-refractivity contribution in [1.82, 2.24) is 15.1 Å². The van der Waals surface area contributed by atoms with Crippen molar-refractivity contribution in [3.05, 3.63) is 83.7 Å². The number of anilines is 2. The molecule has 3 amide bonds. The van der Waals surface area contributed by atoms with E-state index in [1.165, 1.54) is 7.05 Å². The Morgan fingerprint density at radius 1 is 0.968 bits per heavy atom. The molecule has 0 saturated carbocycles. The Morgan fingerprint density at radius 2 is 1.74 bits per heavy atom. The highest BCUT2D eigenvalue weighted by Gasteiger charge is 2.19. The lowest BCUT2D eigenvalue weighted by Gasteiger charge is -2.08. The van der Waals surface area contributed by atoms with E-state index in [4.69, 9.17) is 16.0 Å². The standard InChI is InChI=1S/C22H18ClN5O3/c1-24-22(30)26-16-7-3-6-15(12-16)25-21(29)18-13-19(20-9-4-10-31-20)28(27-18)17-8-2-5-14(23)11-17/h2-13H,1H3,(H,25,29)(H2,24,26,30). The highest BCUT2D eigenvalue weighted by Crippen LogP contribution is 2.26.